The Morgan fingerprint density at radius 3 is 2.20 bits per heavy atom. The van der Waals surface area contributed by atoms with Crippen molar-refractivity contribution in [2.75, 3.05) is 45.8 Å². The van der Waals surface area contributed by atoms with E-state index in [1.54, 1.807) is 0 Å². The van der Waals surface area contributed by atoms with Gasteiger partial charge in [-0.25, -0.2) is 0 Å². The highest BCUT2D eigenvalue weighted by Crippen LogP contribution is 2.23. The highest BCUT2D eigenvalue weighted by molar-refractivity contribution is 5.78. The standard InChI is InChI=1S/C20H33N3O2/c1-5-22-10-12-23(13-11-22)15-19(25)21-14-18(24)16-6-8-17(9-7-16)20(2,3)4/h6-9,18,24H,5,10-15H2,1-4H3,(H,21,25). The molecule has 5 heteroatoms. The minimum atomic E-state index is -0.671. The molecule has 0 aliphatic carbocycles. The lowest BCUT2D eigenvalue weighted by Crippen LogP contribution is -2.49. The molecule has 1 aliphatic rings. The second-order valence-corrected chi connectivity index (χ2v) is 7.90. The molecular formula is C20H33N3O2. The third-order valence-corrected chi connectivity index (χ3v) is 4.93. The summed E-state index contributed by atoms with van der Waals surface area (Å²) in [4.78, 5) is 16.7. The molecule has 0 bridgehead atoms. The highest BCUT2D eigenvalue weighted by atomic mass is 16.3. The first-order chi connectivity index (χ1) is 11.8. The van der Waals surface area contributed by atoms with Gasteiger partial charge in [-0.2, -0.15) is 0 Å². The van der Waals surface area contributed by atoms with E-state index in [4.69, 9.17) is 0 Å². The number of carbonyl (C=O) groups excluding carboxylic acids is 1. The topological polar surface area (TPSA) is 55.8 Å². The monoisotopic (exact) mass is 347 g/mol. The van der Waals surface area contributed by atoms with E-state index in [0.717, 1.165) is 38.3 Å². The lowest BCUT2D eigenvalue weighted by Gasteiger charge is -2.33. The molecule has 0 spiro atoms. The van der Waals surface area contributed by atoms with Gasteiger partial charge >= 0.3 is 0 Å². The fourth-order valence-electron chi connectivity index (χ4n) is 3.06. The van der Waals surface area contributed by atoms with Gasteiger partial charge in [0.05, 0.1) is 12.6 Å². The van der Waals surface area contributed by atoms with E-state index in [0.29, 0.717) is 6.54 Å². The van der Waals surface area contributed by atoms with Crippen molar-refractivity contribution in [1.29, 1.82) is 0 Å². The molecule has 1 aliphatic heterocycles. The van der Waals surface area contributed by atoms with Gasteiger partial charge in [-0.3, -0.25) is 9.69 Å². The number of likely N-dealkylation sites (N-methyl/N-ethyl adjacent to an activating group) is 1. The third kappa shape index (κ3) is 6.10. The zero-order valence-electron chi connectivity index (χ0n) is 16.1. The summed E-state index contributed by atoms with van der Waals surface area (Å²) in [5.74, 6) is -0.0182. The van der Waals surface area contributed by atoms with E-state index in [2.05, 4.69) is 42.8 Å². The first kappa shape index (κ1) is 19.9. The molecule has 2 N–H and O–H groups in total. The van der Waals surface area contributed by atoms with Crippen molar-refractivity contribution >= 4 is 5.91 Å². The van der Waals surface area contributed by atoms with Crippen LogP contribution in [0.5, 0.6) is 0 Å². The van der Waals surface area contributed by atoms with Crippen molar-refractivity contribution in [2.45, 2.75) is 39.2 Å². The molecule has 140 valence electrons. The maximum absolute atomic E-state index is 12.1. The molecule has 0 aromatic heterocycles. The van der Waals surface area contributed by atoms with Crippen LogP contribution in [-0.2, 0) is 10.2 Å². The van der Waals surface area contributed by atoms with Crippen LogP contribution in [0.2, 0.25) is 0 Å². The predicted molar refractivity (Wildman–Crippen MR) is 102 cm³/mol. The number of rotatable bonds is 6. The van der Waals surface area contributed by atoms with Crippen LogP contribution in [-0.4, -0.2) is 66.6 Å². The summed E-state index contributed by atoms with van der Waals surface area (Å²) in [6, 6.07) is 7.99. The second-order valence-electron chi connectivity index (χ2n) is 7.90. The lowest BCUT2D eigenvalue weighted by atomic mass is 9.86. The smallest absolute Gasteiger partial charge is 0.234 e. The normalized spacial score (nSPS) is 18.1. The van der Waals surface area contributed by atoms with Crippen molar-refractivity contribution in [3.05, 3.63) is 35.4 Å². The Kier molecular flexibility index (Phi) is 6.99. The highest BCUT2D eigenvalue weighted by Gasteiger charge is 2.19. The number of piperazine rings is 1. The fourth-order valence-corrected chi connectivity index (χ4v) is 3.06. The number of nitrogens with one attached hydrogen (secondary N) is 1. The summed E-state index contributed by atoms with van der Waals surface area (Å²) in [6.45, 7) is 14.3. The van der Waals surface area contributed by atoms with Crippen LogP contribution in [0.4, 0.5) is 0 Å². The first-order valence-corrected chi connectivity index (χ1v) is 9.29. The molecule has 1 aromatic carbocycles. The molecule has 1 fully saturated rings. The van der Waals surface area contributed by atoms with Crippen LogP contribution in [0.25, 0.3) is 0 Å². The van der Waals surface area contributed by atoms with Gasteiger partial charge in [-0.05, 0) is 23.1 Å². The van der Waals surface area contributed by atoms with Gasteiger partial charge in [0.2, 0.25) is 5.91 Å². The third-order valence-electron chi connectivity index (χ3n) is 4.93. The van der Waals surface area contributed by atoms with Crippen molar-refractivity contribution < 1.29 is 9.90 Å². The van der Waals surface area contributed by atoms with Crippen LogP contribution in [0.1, 0.15) is 44.9 Å². The summed E-state index contributed by atoms with van der Waals surface area (Å²) in [6.07, 6.45) is -0.671. The summed E-state index contributed by atoms with van der Waals surface area (Å²) in [5, 5.41) is 13.2. The summed E-state index contributed by atoms with van der Waals surface area (Å²) >= 11 is 0. The fraction of sp³-hybridized carbons (Fsp3) is 0.650. The molecular weight excluding hydrogens is 314 g/mol. The van der Waals surface area contributed by atoms with Gasteiger partial charge in [-0.15, -0.1) is 0 Å². The Hall–Kier alpha value is -1.43. The number of benzene rings is 1. The van der Waals surface area contributed by atoms with Gasteiger partial charge in [0.25, 0.3) is 0 Å². The molecule has 0 saturated carbocycles. The molecule has 1 saturated heterocycles. The maximum atomic E-state index is 12.1. The average molecular weight is 348 g/mol. The van der Waals surface area contributed by atoms with Gasteiger partial charge < -0.3 is 15.3 Å². The van der Waals surface area contributed by atoms with Gasteiger partial charge in [0, 0.05) is 32.7 Å². The van der Waals surface area contributed by atoms with E-state index in [9.17, 15) is 9.90 Å². The number of hydrogen-bond acceptors (Lipinski definition) is 4. The number of carbonyl (C=O) groups is 1. The molecule has 1 heterocycles. The quantitative estimate of drug-likeness (QED) is 0.823. The Bertz CT molecular complexity index is 543. The Morgan fingerprint density at radius 1 is 1.12 bits per heavy atom. The minimum Gasteiger partial charge on any atom is -0.387 e. The van der Waals surface area contributed by atoms with Crippen LogP contribution in [0, 0.1) is 0 Å². The van der Waals surface area contributed by atoms with Crippen LogP contribution >= 0.6 is 0 Å². The van der Waals surface area contributed by atoms with Crippen molar-refractivity contribution in [1.82, 2.24) is 15.1 Å². The number of hydrogen-bond donors (Lipinski definition) is 2. The number of nitrogens with zero attached hydrogens (tertiary/aromatic N) is 2. The van der Waals surface area contributed by atoms with Crippen molar-refractivity contribution in [3.63, 3.8) is 0 Å². The van der Waals surface area contributed by atoms with E-state index in [1.165, 1.54) is 5.56 Å². The lowest BCUT2D eigenvalue weighted by molar-refractivity contribution is -0.123. The first-order valence-electron chi connectivity index (χ1n) is 9.29. The van der Waals surface area contributed by atoms with Crippen LogP contribution in [0.15, 0.2) is 24.3 Å². The summed E-state index contributed by atoms with van der Waals surface area (Å²) in [7, 11) is 0. The van der Waals surface area contributed by atoms with Gasteiger partial charge in [0.1, 0.15) is 0 Å². The van der Waals surface area contributed by atoms with Gasteiger partial charge in [-0.1, -0.05) is 52.0 Å². The van der Waals surface area contributed by atoms with Crippen molar-refractivity contribution in [3.8, 4) is 0 Å². The number of amides is 1. The predicted octanol–water partition coefficient (Wildman–Crippen LogP) is 1.77. The van der Waals surface area contributed by atoms with Crippen LogP contribution in [0.3, 0.4) is 0 Å². The maximum Gasteiger partial charge on any atom is 0.234 e. The number of aliphatic hydroxyl groups excluding tert-OH is 1. The molecule has 2 rings (SSSR count). The summed E-state index contributed by atoms with van der Waals surface area (Å²) in [5.41, 5.74) is 2.17. The molecule has 1 unspecified atom stereocenters. The van der Waals surface area contributed by atoms with E-state index in [1.807, 2.05) is 24.3 Å². The largest absolute Gasteiger partial charge is 0.387 e. The van der Waals surface area contributed by atoms with E-state index in [-0.39, 0.29) is 17.9 Å². The average Bonchev–Trinajstić information content (AvgIpc) is 2.59. The molecule has 5 nitrogen and oxygen atoms in total. The number of aliphatic hydroxyl groups is 1. The van der Waals surface area contributed by atoms with Crippen LogP contribution < -0.4 is 5.32 Å². The summed E-state index contributed by atoms with van der Waals surface area (Å²) < 4.78 is 0. The zero-order valence-corrected chi connectivity index (χ0v) is 16.1. The van der Waals surface area contributed by atoms with E-state index < -0.39 is 6.10 Å². The minimum absolute atomic E-state index is 0.0182. The Morgan fingerprint density at radius 2 is 1.68 bits per heavy atom. The SMILES string of the molecule is CCN1CCN(CC(=O)NCC(O)c2ccc(C(C)(C)C)cc2)CC1. The van der Waals surface area contributed by atoms with Gasteiger partial charge in [0.15, 0.2) is 0 Å². The molecule has 25 heavy (non-hydrogen) atoms. The zero-order chi connectivity index (χ0) is 18.4. The second kappa shape index (κ2) is 8.79. The molecule has 0 radical (unpaired) electrons. The Labute approximate surface area is 152 Å². The molecule has 1 aromatic rings. The molecule has 1 atom stereocenters. The van der Waals surface area contributed by atoms with Crippen molar-refractivity contribution in [2.24, 2.45) is 0 Å². The van der Waals surface area contributed by atoms with E-state index >= 15 is 0 Å². The Balaban J connectivity index is 1.75. The molecule has 1 amide bonds.